The lowest BCUT2D eigenvalue weighted by molar-refractivity contribution is 0.415. The third-order valence-corrected chi connectivity index (χ3v) is 3.36. The lowest BCUT2D eigenvalue weighted by Crippen LogP contribution is -2.31. The van der Waals surface area contributed by atoms with Crippen molar-refractivity contribution < 1.29 is 4.39 Å². The van der Waals surface area contributed by atoms with Gasteiger partial charge in [-0.2, -0.15) is 0 Å². The molecule has 0 aliphatic heterocycles. The summed E-state index contributed by atoms with van der Waals surface area (Å²) in [4.78, 5) is 22.9. The number of benzene rings is 1. The molecule has 118 valence electrons. The van der Waals surface area contributed by atoms with Crippen LogP contribution in [0.2, 0.25) is 0 Å². The monoisotopic (exact) mass is 304 g/mol. The molecular formula is C16H21FN4O. The molecule has 0 aliphatic rings. The predicted molar refractivity (Wildman–Crippen MR) is 85.9 cm³/mol. The van der Waals surface area contributed by atoms with Crippen LogP contribution in [0.25, 0.3) is 0 Å². The fourth-order valence-corrected chi connectivity index (χ4v) is 2.06. The number of aromatic nitrogens is 2. The Morgan fingerprint density at radius 3 is 2.59 bits per heavy atom. The maximum absolute atomic E-state index is 13.7. The van der Waals surface area contributed by atoms with Crippen LogP contribution < -0.4 is 10.5 Å². The second kappa shape index (κ2) is 7.17. The number of hydrogen-bond acceptors (Lipinski definition) is 4. The molecule has 0 aliphatic carbocycles. The van der Waals surface area contributed by atoms with Crippen LogP contribution in [0, 0.1) is 5.82 Å². The highest BCUT2D eigenvalue weighted by Gasteiger charge is 2.09. The lowest BCUT2D eigenvalue weighted by Gasteiger charge is -2.20. The van der Waals surface area contributed by atoms with E-state index in [1.165, 1.54) is 12.1 Å². The summed E-state index contributed by atoms with van der Waals surface area (Å²) in [6.07, 6.45) is 0.297. The van der Waals surface area contributed by atoms with Crippen molar-refractivity contribution in [2.75, 3.05) is 39.1 Å². The first kappa shape index (κ1) is 16.2. The summed E-state index contributed by atoms with van der Waals surface area (Å²) in [5, 5.41) is 0. The highest BCUT2D eigenvalue weighted by molar-refractivity contribution is 5.31. The summed E-state index contributed by atoms with van der Waals surface area (Å²) < 4.78 is 13.7. The second-order valence-electron chi connectivity index (χ2n) is 5.55. The largest absolute Gasteiger partial charge is 0.344 e. The zero-order chi connectivity index (χ0) is 16.1. The summed E-state index contributed by atoms with van der Waals surface area (Å²) in [5.41, 5.74) is 0.857. The quantitative estimate of drug-likeness (QED) is 0.879. The van der Waals surface area contributed by atoms with Gasteiger partial charge >= 0.3 is 0 Å². The van der Waals surface area contributed by atoms with Gasteiger partial charge in [0.15, 0.2) is 0 Å². The maximum Gasteiger partial charge on any atom is 0.252 e. The van der Waals surface area contributed by atoms with Gasteiger partial charge in [-0.05, 0) is 25.7 Å². The molecule has 2 rings (SSSR count). The van der Waals surface area contributed by atoms with E-state index in [2.05, 4.69) is 14.9 Å². The van der Waals surface area contributed by atoms with Gasteiger partial charge in [0, 0.05) is 32.6 Å². The van der Waals surface area contributed by atoms with Crippen LogP contribution in [0.3, 0.4) is 0 Å². The van der Waals surface area contributed by atoms with E-state index in [0.717, 1.165) is 13.1 Å². The van der Waals surface area contributed by atoms with E-state index in [4.69, 9.17) is 0 Å². The fraction of sp³-hybridized carbons (Fsp3) is 0.375. The standard InChI is InChI=1S/C16H21FN4O/c1-20(2)8-9-21(3)16-18-13(11-15(22)19-16)10-12-6-4-5-7-14(12)17/h4-7,11H,8-10H2,1-3H3,(H,18,19,22). The Kier molecular flexibility index (Phi) is 5.27. The molecule has 0 bridgehead atoms. The smallest absolute Gasteiger partial charge is 0.252 e. The molecule has 1 N–H and O–H groups in total. The Morgan fingerprint density at radius 2 is 1.91 bits per heavy atom. The van der Waals surface area contributed by atoms with E-state index in [1.807, 2.05) is 26.0 Å². The summed E-state index contributed by atoms with van der Waals surface area (Å²) in [7, 11) is 5.84. The highest BCUT2D eigenvalue weighted by atomic mass is 19.1. The summed E-state index contributed by atoms with van der Waals surface area (Å²) in [6.45, 7) is 1.58. The van der Waals surface area contributed by atoms with Gasteiger partial charge < -0.3 is 9.80 Å². The number of likely N-dealkylation sites (N-methyl/N-ethyl adjacent to an activating group) is 2. The van der Waals surface area contributed by atoms with E-state index in [9.17, 15) is 9.18 Å². The number of halogens is 1. The van der Waals surface area contributed by atoms with Crippen molar-refractivity contribution in [3.05, 3.63) is 57.8 Å². The number of hydrogen-bond donors (Lipinski definition) is 1. The highest BCUT2D eigenvalue weighted by Crippen LogP contribution is 2.12. The minimum Gasteiger partial charge on any atom is -0.344 e. The average Bonchev–Trinajstić information content (AvgIpc) is 2.46. The average molecular weight is 304 g/mol. The first-order chi connectivity index (χ1) is 10.5. The van der Waals surface area contributed by atoms with Crippen LogP contribution in [-0.4, -0.2) is 49.1 Å². The molecule has 0 spiro atoms. The minimum absolute atomic E-state index is 0.229. The van der Waals surface area contributed by atoms with Crippen molar-refractivity contribution in [3.63, 3.8) is 0 Å². The number of rotatable bonds is 6. The van der Waals surface area contributed by atoms with Gasteiger partial charge in [0.1, 0.15) is 5.82 Å². The molecule has 22 heavy (non-hydrogen) atoms. The van der Waals surface area contributed by atoms with Gasteiger partial charge in [-0.1, -0.05) is 18.2 Å². The summed E-state index contributed by atoms with van der Waals surface area (Å²) in [6, 6.07) is 7.94. The van der Waals surface area contributed by atoms with Gasteiger partial charge in [0.05, 0.1) is 5.69 Å². The van der Waals surface area contributed by atoms with Gasteiger partial charge in [0.2, 0.25) is 5.95 Å². The molecule has 0 saturated heterocycles. The number of anilines is 1. The first-order valence-electron chi connectivity index (χ1n) is 7.15. The molecule has 0 atom stereocenters. The molecule has 1 aromatic heterocycles. The van der Waals surface area contributed by atoms with Gasteiger partial charge in [0.25, 0.3) is 5.56 Å². The van der Waals surface area contributed by atoms with Crippen molar-refractivity contribution in [1.29, 1.82) is 0 Å². The first-order valence-corrected chi connectivity index (χ1v) is 7.15. The van der Waals surface area contributed by atoms with Crippen LogP contribution in [-0.2, 0) is 6.42 Å². The Labute approximate surface area is 129 Å². The summed E-state index contributed by atoms with van der Waals surface area (Å²) >= 11 is 0. The number of nitrogens with zero attached hydrogens (tertiary/aromatic N) is 3. The third kappa shape index (κ3) is 4.39. The number of aromatic amines is 1. The van der Waals surface area contributed by atoms with Gasteiger partial charge in [-0.15, -0.1) is 0 Å². The zero-order valence-electron chi connectivity index (χ0n) is 13.1. The minimum atomic E-state index is -0.285. The van der Waals surface area contributed by atoms with Crippen LogP contribution >= 0.6 is 0 Å². The normalized spacial score (nSPS) is 11.0. The fourth-order valence-electron chi connectivity index (χ4n) is 2.06. The van der Waals surface area contributed by atoms with Crippen molar-refractivity contribution in [2.45, 2.75) is 6.42 Å². The van der Waals surface area contributed by atoms with Gasteiger partial charge in [-0.25, -0.2) is 9.37 Å². The van der Waals surface area contributed by atoms with Crippen LogP contribution in [0.1, 0.15) is 11.3 Å². The van der Waals surface area contributed by atoms with Crippen molar-refractivity contribution in [1.82, 2.24) is 14.9 Å². The predicted octanol–water partition coefficient (Wildman–Crippen LogP) is 1.50. The van der Waals surface area contributed by atoms with Crippen LogP contribution in [0.4, 0.5) is 10.3 Å². The molecule has 1 heterocycles. The molecule has 0 unspecified atom stereocenters. The molecule has 0 saturated carbocycles. The van der Waals surface area contributed by atoms with E-state index in [1.54, 1.807) is 18.2 Å². The maximum atomic E-state index is 13.7. The van der Waals surface area contributed by atoms with E-state index in [-0.39, 0.29) is 11.4 Å². The molecule has 5 nitrogen and oxygen atoms in total. The molecule has 2 aromatic rings. The van der Waals surface area contributed by atoms with Crippen molar-refractivity contribution >= 4 is 5.95 Å². The van der Waals surface area contributed by atoms with E-state index < -0.39 is 0 Å². The molecule has 6 heteroatoms. The van der Waals surface area contributed by atoms with Crippen LogP contribution in [0.5, 0.6) is 0 Å². The SMILES string of the molecule is CN(C)CCN(C)c1nc(Cc2ccccc2F)cc(=O)[nH]1. The summed E-state index contributed by atoms with van der Waals surface area (Å²) in [5.74, 6) is 0.216. The Bertz CT molecular complexity index is 684. The molecule has 1 aromatic carbocycles. The molecule has 0 radical (unpaired) electrons. The molecule has 0 fully saturated rings. The third-order valence-electron chi connectivity index (χ3n) is 3.36. The van der Waals surface area contributed by atoms with Crippen molar-refractivity contribution in [2.24, 2.45) is 0 Å². The van der Waals surface area contributed by atoms with E-state index >= 15 is 0 Å². The Hall–Kier alpha value is -2.21. The van der Waals surface area contributed by atoms with Gasteiger partial charge in [-0.3, -0.25) is 9.78 Å². The van der Waals surface area contributed by atoms with E-state index in [0.29, 0.717) is 23.6 Å². The number of H-pyrrole nitrogens is 1. The molecule has 0 amide bonds. The van der Waals surface area contributed by atoms with Crippen LogP contribution in [0.15, 0.2) is 35.1 Å². The second-order valence-corrected chi connectivity index (χ2v) is 5.55. The number of nitrogens with one attached hydrogen (secondary N) is 1. The Morgan fingerprint density at radius 1 is 1.18 bits per heavy atom. The van der Waals surface area contributed by atoms with Crippen molar-refractivity contribution in [3.8, 4) is 0 Å². The molecular weight excluding hydrogens is 283 g/mol. The Balaban J connectivity index is 2.20. The zero-order valence-corrected chi connectivity index (χ0v) is 13.1. The lowest BCUT2D eigenvalue weighted by atomic mass is 10.1. The topological polar surface area (TPSA) is 52.2 Å².